The quantitative estimate of drug-likeness (QED) is 0.806. The Hall–Kier alpha value is -2.57. The fourth-order valence-electron chi connectivity index (χ4n) is 2.78. The average molecular weight is 332 g/mol. The number of rotatable bonds is 2. The number of hydrogen-bond acceptors (Lipinski definition) is 3. The van der Waals surface area contributed by atoms with Gasteiger partial charge in [0.2, 0.25) is 5.91 Å². The molecule has 7 nitrogen and oxygen atoms in total. The number of likely N-dealkylation sites (N-methyl/N-ethyl adjacent to an activating group) is 1. The summed E-state index contributed by atoms with van der Waals surface area (Å²) in [6, 6.07) is -2.27. The number of carbonyl (C=O) groups is 3. The van der Waals surface area contributed by atoms with Crippen LogP contribution in [0.3, 0.4) is 0 Å². The second-order valence-electron chi connectivity index (χ2n) is 7.00. The maximum atomic E-state index is 12.7. The predicted octanol–water partition coefficient (Wildman–Crippen LogP) is 1.73. The maximum Gasteiger partial charge on any atom is 0.333 e. The van der Waals surface area contributed by atoms with E-state index in [4.69, 9.17) is 5.73 Å². The van der Waals surface area contributed by atoms with Crippen molar-refractivity contribution < 1.29 is 14.4 Å². The molecule has 0 aromatic rings. The van der Waals surface area contributed by atoms with Crippen molar-refractivity contribution >= 4 is 18.0 Å². The number of fused-ring (bicyclic) bond motifs is 1. The van der Waals surface area contributed by atoms with Crippen LogP contribution in [0.15, 0.2) is 36.1 Å². The molecule has 0 saturated carbocycles. The second-order valence-corrected chi connectivity index (χ2v) is 7.00. The van der Waals surface area contributed by atoms with Gasteiger partial charge in [-0.25, -0.2) is 14.5 Å². The van der Waals surface area contributed by atoms with Crippen molar-refractivity contribution in [2.75, 3.05) is 7.05 Å². The largest absolute Gasteiger partial charge is 0.368 e. The van der Waals surface area contributed by atoms with E-state index < -0.39 is 29.4 Å². The van der Waals surface area contributed by atoms with E-state index in [-0.39, 0.29) is 6.04 Å². The molecule has 7 heteroatoms. The topological polar surface area (TPSA) is 95.7 Å². The zero-order valence-electron chi connectivity index (χ0n) is 14.4. The minimum absolute atomic E-state index is 0.310. The van der Waals surface area contributed by atoms with Crippen molar-refractivity contribution in [2.45, 2.75) is 39.3 Å². The van der Waals surface area contributed by atoms with Gasteiger partial charge in [-0.3, -0.25) is 4.79 Å². The van der Waals surface area contributed by atoms with Gasteiger partial charge in [0, 0.05) is 7.05 Å². The van der Waals surface area contributed by atoms with Gasteiger partial charge in [-0.2, -0.15) is 0 Å². The Labute approximate surface area is 141 Å². The summed E-state index contributed by atoms with van der Waals surface area (Å²) < 4.78 is 0. The molecule has 1 aliphatic carbocycles. The van der Waals surface area contributed by atoms with Gasteiger partial charge in [0.25, 0.3) is 0 Å². The summed E-state index contributed by atoms with van der Waals surface area (Å²) in [5.41, 5.74) is 5.43. The minimum Gasteiger partial charge on any atom is -0.368 e. The van der Waals surface area contributed by atoms with Gasteiger partial charge in [0.15, 0.2) is 0 Å². The van der Waals surface area contributed by atoms with Crippen molar-refractivity contribution in [1.29, 1.82) is 0 Å². The SMILES string of the molecule is CN1C(=O)N(C(=O)N[C@H](C(N)=O)C(C)(C)C)/C2=C/C/C=C\C=CC21. The molecule has 0 radical (unpaired) electrons. The lowest BCUT2D eigenvalue weighted by Crippen LogP contribution is -2.55. The molecule has 2 aliphatic rings. The van der Waals surface area contributed by atoms with Crippen LogP contribution >= 0.6 is 0 Å². The van der Waals surface area contributed by atoms with Crippen molar-refractivity contribution in [2.24, 2.45) is 11.1 Å². The number of nitrogens with zero attached hydrogens (tertiary/aromatic N) is 2. The summed E-state index contributed by atoms with van der Waals surface area (Å²) in [5.74, 6) is -0.637. The summed E-state index contributed by atoms with van der Waals surface area (Å²) >= 11 is 0. The number of amides is 5. The second kappa shape index (κ2) is 6.51. The number of nitrogens with one attached hydrogen (secondary N) is 1. The minimum atomic E-state index is -0.883. The molecule has 3 N–H and O–H groups in total. The van der Waals surface area contributed by atoms with Gasteiger partial charge in [-0.1, -0.05) is 51.2 Å². The standard InChI is InChI=1S/C17H24N4O3/c1-17(2,3)13(14(18)22)19-15(23)21-12-10-8-6-5-7-9-11(12)20(4)16(21)24/h5-7,9-11,13H,8H2,1-4H3,(H2,18,22)(H,19,23)/b6-5-,9-7?,12-10+/t11?,13-/m1/s1. The van der Waals surface area contributed by atoms with E-state index in [1.807, 2.05) is 30.4 Å². The van der Waals surface area contributed by atoms with E-state index in [0.717, 1.165) is 4.90 Å². The molecule has 1 unspecified atom stereocenters. The number of nitrogens with two attached hydrogens (primary N) is 1. The Balaban J connectivity index is 2.31. The third kappa shape index (κ3) is 3.34. The number of carbonyl (C=O) groups excluding carboxylic acids is 3. The van der Waals surface area contributed by atoms with E-state index in [2.05, 4.69) is 5.32 Å². The molecule has 0 bridgehead atoms. The van der Waals surface area contributed by atoms with Crippen molar-refractivity contribution in [3.63, 3.8) is 0 Å². The number of hydrogen-bond donors (Lipinski definition) is 2. The van der Waals surface area contributed by atoms with Crippen LogP contribution in [-0.2, 0) is 4.79 Å². The predicted molar refractivity (Wildman–Crippen MR) is 90.7 cm³/mol. The molecule has 0 aromatic heterocycles. The maximum absolute atomic E-state index is 12.7. The molecule has 1 fully saturated rings. The molecule has 1 heterocycles. The molecule has 1 aliphatic heterocycles. The summed E-state index contributed by atoms with van der Waals surface area (Å²) in [6.07, 6.45) is 9.98. The van der Waals surface area contributed by atoms with Gasteiger partial charge in [-0.05, 0) is 11.8 Å². The highest BCUT2D eigenvalue weighted by atomic mass is 16.2. The molecule has 2 rings (SSSR count). The van der Waals surface area contributed by atoms with Gasteiger partial charge in [0.05, 0.1) is 11.7 Å². The van der Waals surface area contributed by atoms with Crippen LogP contribution in [-0.4, -0.2) is 46.9 Å². The van der Waals surface area contributed by atoms with Crippen LogP contribution in [0.1, 0.15) is 27.2 Å². The zero-order valence-corrected chi connectivity index (χ0v) is 14.4. The van der Waals surface area contributed by atoms with Crippen LogP contribution in [0.25, 0.3) is 0 Å². The van der Waals surface area contributed by atoms with Crippen LogP contribution in [0.5, 0.6) is 0 Å². The third-order valence-electron chi connectivity index (χ3n) is 4.10. The van der Waals surface area contributed by atoms with E-state index in [1.54, 1.807) is 27.8 Å². The molecule has 5 amide bonds. The Morgan fingerprint density at radius 3 is 2.58 bits per heavy atom. The van der Waals surface area contributed by atoms with Crippen molar-refractivity contribution in [3.8, 4) is 0 Å². The first-order chi connectivity index (χ1) is 11.1. The number of imide groups is 1. The van der Waals surface area contributed by atoms with Crippen LogP contribution in [0.2, 0.25) is 0 Å². The van der Waals surface area contributed by atoms with Gasteiger partial charge in [-0.15, -0.1) is 0 Å². The molecule has 1 saturated heterocycles. The lowest BCUT2D eigenvalue weighted by Gasteiger charge is -2.30. The van der Waals surface area contributed by atoms with Crippen molar-refractivity contribution in [1.82, 2.24) is 15.1 Å². The zero-order chi connectivity index (χ0) is 18.1. The Morgan fingerprint density at radius 1 is 1.33 bits per heavy atom. The number of urea groups is 2. The van der Waals surface area contributed by atoms with Gasteiger partial charge >= 0.3 is 12.1 Å². The van der Waals surface area contributed by atoms with Gasteiger partial charge < -0.3 is 16.0 Å². The first-order valence-electron chi connectivity index (χ1n) is 7.84. The summed E-state index contributed by atoms with van der Waals surface area (Å²) in [4.78, 5) is 39.5. The highest BCUT2D eigenvalue weighted by Gasteiger charge is 2.43. The van der Waals surface area contributed by atoms with Crippen LogP contribution in [0.4, 0.5) is 9.59 Å². The van der Waals surface area contributed by atoms with Crippen molar-refractivity contribution in [3.05, 3.63) is 36.1 Å². The molecule has 0 spiro atoms. The summed E-state index contributed by atoms with van der Waals surface area (Å²) in [7, 11) is 1.64. The molecule has 24 heavy (non-hydrogen) atoms. The molecule has 0 aromatic carbocycles. The normalized spacial score (nSPS) is 25.2. The first kappa shape index (κ1) is 17.8. The van der Waals surface area contributed by atoms with Crippen LogP contribution in [0, 0.1) is 5.41 Å². The lowest BCUT2D eigenvalue weighted by molar-refractivity contribution is -0.122. The third-order valence-corrected chi connectivity index (χ3v) is 4.10. The smallest absolute Gasteiger partial charge is 0.333 e. The van der Waals surface area contributed by atoms with Crippen LogP contribution < -0.4 is 11.1 Å². The highest BCUT2D eigenvalue weighted by molar-refractivity contribution is 6.00. The Bertz CT molecular complexity index is 643. The van der Waals surface area contributed by atoms with Gasteiger partial charge in [0.1, 0.15) is 6.04 Å². The molecule has 2 atom stereocenters. The fourth-order valence-corrected chi connectivity index (χ4v) is 2.78. The monoisotopic (exact) mass is 332 g/mol. The Kier molecular flexibility index (Phi) is 4.82. The van der Waals surface area contributed by atoms with E-state index in [1.165, 1.54) is 4.90 Å². The highest BCUT2D eigenvalue weighted by Crippen LogP contribution is 2.28. The molecular formula is C17H24N4O3. The molecular weight excluding hydrogens is 308 g/mol. The van der Waals surface area contributed by atoms with E-state index in [0.29, 0.717) is 12.1 Å². The van der Waals surface area contributed by atoms with E-state index >= 15 is 0 Å². The number of allylic oxidation sites excluding steroid dienone is 4. The fraction of sp³-hybridized carbons (Fsp3) is 0.471. The molecule has 130 valence electrons. The Morgan fingerprint density at radius 2 is 2.00 bits per heavy atom. The number of primary amides is 1. The summed E-state index contributed by atoms with van der Waals surface area (Å²) in [6.45, 7) is 5.39. The first-order valence-corrected chi connectivity index (χ1v) is 7.84. The average Bonchev–Trinajstić information content (AvgIpc) is 2.66. The van der Waals surface area contributed by atoms with E-state index in [9.17, 15) is 14.4 Å². The summed E-state index contributed by atoms with van der Waals surface area (Å²) in [5, 5.41) is 2.60. The lowest BCUT2D eigenvalue weighted by atomic mass is 9.86.